The molecular formula is C13H23NO4. The number of carboxylic acid groups (broad SMARTS) is 1. The molecule has 1 unspecified atom stereocenters. The zero-order valence-corrected chi connectivity index (χ0v) is 11.1. The van der Waals surface area contributed by atoms with Crippen molar-refractivity contribution in [2.24, 2.45) is 0 Å². The van der Waals surface area contributed by atoms with Gasteiger partial charge in [-0.2, -0.15) is 0 Å². The van der Waals surface area contributed by atoms with E-state index in [4.69, 9.17) is 9.84 Å². The van der Waals surface area contributed by atoms with Gasteiger partial charge in [0.05, 0.1) is 6.61 Å². The molecule has 2 atom stereocenters. The SMILES string of the molecule is C=CCCOC(C)C(=O)N[C@@H](CCCC)C(=O)O. The Balaban J connectivity index is 4.14. The number of unbranched alkanes of at least 4 members (excludes halogenated alkanes) is 1. The third-order valence-corrected chi connectivity index (χ3v) is 2.52. The summed E-state index contributed by atoms with van der Waals surface area (Å²) >= 11 is 0. The van der Waals surface area contributed by atoms with Crippen molar-refractivity contribution in [3.63, 3.8) is 0 Å². The zero-order valence-electron chi connectivity index (χ0n) is 11.1. The summed E-state index contributed by atoms with van der Waals surface area (Å²) in [6.07, 6.45) is 3.82. The predicted molar refractivity (Wildman–Crippen MR) is 69.3 cm³/mol. The van der Waals surface area contributed by atoms with Gasteiger partial charge in [-0.3, -0.25) is 4.79 Å². The van der Waals surface area contributed by atoms with Gasteiger partial charge in [0.1, 0.15) is 12.1 Å². The lowest BCUT2D eigenvalue weighted by atomic mass is 10.1. The van der Waals surface area contributed by atoms with Gasteiger partial charge in [0.2, 0.25) is 5.91 Å². The minimum atomic E-state index is -1.00. The summed E-state index contributed by atoms with van der Waals surface area (Å²) in [6, 6.07) is -0.831. The van der Waals surface area contributed by atoms with E-state index < -0.39 is 18.1 Å². The maximum absolute atomic E-state index is 11.7. The highest BCUT2D eigenvalue weighted by Gasteiger charge is 2.22. The molecule has 0 heterocycles. The van der Waals surface area contributed by atoms with Crippen LogP contribution >= 0.6 is 0 Å². The molecule has 0 aromatic carbocycles. The van der Waals surface area contributed by atoms with Crippen molar-refractivity contribution < 1.29 is 19.4 Å². The highest BCUT2D eigenvalue weighted by molar-refractivity contribution is 5.86. The van der Waals surface area contributed by atoms with E-state index in [0.29, 0.717) is 19.4 Å². The number of aliphatic carboxylic acids is 1. The predicted octanol–water partition coefficient (Wildman–Crippen LogP) is 1.73. The molecule has 0 saturated heterocycles. The van der Waals surface area contributed by atoms with Gasteiger partial charge in [-0.25, -0.2) is 4.79 Å². The van der Waals surface area contributed by atoms with Crippen LogP contribution in [0.5, 0.6) is 0 Å². The third-order valence-electron chi connectivity index (χ3n) is 2.52. The first-order valence-corrected chi connectivity index (χ1v) is 6.28. The summed E-state index contributed by atoms with van der Waals surface area (Å²) < 4.78 is 5.25. The monoisotopic (exact) mass is 257 g/mol. The summed E-state index contributed by atoms with van der Waals surface area (Å²) in [5.74, 6) is -1.39. The number of rotatable bonds is 10. The second-order valence-corrected chi connectivity index (χ2v) is 4.13. The molecule has 0 saturated carbocycles. The molecule has 0 aromatic heterocycles. The molecule has 0 radical (unpaired) electrons. The van der Waals surface area contributed by atoms with Crippen LogP contribution < -0.4 is 5.32 Å². The lowest BCUT2D eigenvalue weighted by Gasteiger charge is -2.17. The lowest BCUT2D eigenvalue weighted by Crippen LogP contribution is -2.45. The highest BCUT2D eigenvalue weighted by atomic mass is 16.5. The van der Waals surface area contributed by atoms with Crippen LogP contribution in [-0.2, 0) is 14.3 Å². The van der Waals surface area contributed by atoms with Crippen molar-refractivity contribution in [3.05, 3.63) is 12.7 Å². The average molecular weight is 257 g/mol. The summed E-state index contributed by atoms with van der Waals surface area (Å²) in [5.41, 5.74) is 0. The van der Waals surface area contributed by atoms with E-state index in [2.05, 4.69) is 11.9 Å². The van der Waals surface area contributed by atoms with Crippen LogP contribution in [0, 0.1) is 0 Å². The van der Waals surface area contributed by atoms with Crippen molar-refractivity contribution in [2.75, 3.05) is 6.61 Å². The molecule has 5 heteroatoms. The first-order chi connectivity index (χ1) is 8.52. The van der Waals surface area contributed by atoms with Gasteiger partial charge >= 0.3 is 5.97 Å². The number of carboxylic acids is 1. The number of nitrogens with one attached hydrogen (secondary N) is 1. The number of carbonyl (C=O) groups is 2. The Morgan fingerprint density at radius 1 is 1.50 bits per heavy atom. The van der Waals surface area contributed by atoms with Gasteiger partial charge in [-0.05, 0) is 19.8 Å². The molecule has 5 nitrogen and oxygen atoms in total. The number of hydrogen-bond acceptors (Lipinski definition) is 3. The van der Waals surface area contributed by atoms with Crippen molar-refractivity contribution in [2.45, 2.75) is 51.7 Å². The normalized spacial score (nSPS) is 13.7. The third kappa shape index (κ3) is 7.06. The van der Waals surface area contributed by atoms with Crippen LogP contribution in [0.15, 0.2) is 12.7 Å². The van der Waals surface area contributed by atoms with Crippen LogP contribution in [-0.4, -0.2) is 35.7 Å². The van der Waals surface area contributed by atoms with E-state index in [9.17, 15) is 9.59 Å². The van der Waals surface area contributed by atoms with Crippen LogP contribution in [0.25, 0.3) is 0 Å². The summed E-state index contributed by atoms with van der Waals surface area (Å²) in [7, 11) is 0. The lowest BCUT2D eigenvalue weighted by molar-refractivity contribution is -0.144. The fourth-order valence-corrected chi connectivity index (χ4v) is 1.36. The molecule has 0 rings (SSSR count). The highest BCUT2D eigenvalue weighted by Crippen LogP contribution is 2.02. The Bertz CT molecular complexity index is 278. The van der Waals surface area contributed by atoms with Crippen molar-refractivity contribution >= 4 is 11.9 Å². The standard InChI is InChI=1S/C13H23NO4/c1-4-6-8-11(13(16)17)14-12(15)10(3)18-9-7-5-2/h5,10-11H,2,4,6-9H2,1,3H3,(H,14,15)(H,16,17)/t10?,11-/m0/s1. The average Bonchev–Trinajstić information content (AvgIpc) is 2.33. The Morgan fingerprint density at radius 3 is 2.67 bits per heavy atom. The van der Waals surface area contributed by atoms with Gasteiger partial charge < -0.3 is 15.2 Å². The molecule has 0 aromatic rings. The van der Waals surface area contributed by atoms with Crippen LogP contribution in [0.3, 0.4) is 0 Å². The number of hydrogen-bond donors (Lipinski definition) is 2. The summed E-state index contributed by atoms with van der Waals surface area (Å²) in [5, 5.41) is 11.5. The van der Waals surface area contributed by atoms with E-state index in [1.165, 1.54) is 0 Å². The molecule has 0 spiro atoms. The Hall–Kier alpha value is -1.36. The molecule has 0 aliphatic rings. The van der Waals surface area contributed by atoms with Gasteiger partial charge in [0, 0.05) is 0 Å². The topological polar surface area (TPSA) is 75.6 Å². The molecule has 0 aliphatic heterocycles. The van der Waals surface area contributed by atoms with E-state index in [-0.39, 0.29) is 5.91 Å². The quantitative estimate of drug-likeness (QED) is 0.461. The number of ether oxygens (including phenoxy) is 1. The van der Waals surface area contributed by atoms with Gasteiger partial charge in [0.15, 0.2) is 0 Å². The fourth-order valence-electron chi connectivity index (χ4n) is 1.36. The van der Waals surface area contributed by atoms with Gasteiger partial charge in [-0.1, -0.05) is 25.8 Å². The first kappa shape index (κ1) is 16.6. The molecule has 0 bridgehead atoms. The van der Waals surface area contributed by atoms with Gasteiger partial charge in [0.25, 0.3) is 0 Å². The molecule has 0 aliphatic carbocycles. The van der Waals surface area contributed by atoms with E-state index >= 15 is 0 Å². The molecule has 18 heavy (non-hydrogen) atoms. The van der Waals surface area contributed by atoms with Crippen molar-refractivity contribution in [3.8, 4) is 0 Å². The fraction of sp³-hybridized carbons (Fsp3) is 0.692. The molecule has 104 valence electrons. The zero-order chi connectivity index (χ0) is 14.0. The van der Waals surface area contributed by atoms with Gasteiger partial charge in [-0.15, -0.1) is 6.58 Å². The molecular weight excluding hydrogens is 234 g/mol. The Labute approximate surface area is 108 Å². The number of amides is 1. The smallest absolute Gasteiger partial charge is 0.326 e. The van der Waals surface area contributed by atoms with Crippen molar-refractivity contribution in [1.29, 1.82) is 0 Å². The first-order valence-electron chi connectivity index (χ1n) is 6.28. The Kier molecular flexibility index (Phi) is 8.92. The minimum Gasteiger partial charge on any atom is -0.480 e. The van der Waals surface area contributed by atoms with Crippen LogP contribution in [0.1, 0.15) is 39.5 Å². The van der Waals surface area contributed by atoms with E-state index in [1.807, 2.05) is 6.92 Å². The van der Waals surface area contributed by atoms with Crippen molar-refractivity contribution in [1.82, 2.24) is 5.32 Å². The summed E-state index contributed by atoms with van der Waals surface area (Å²) in [6.45, 7) is 7.54. The Morgan fingerprint density at radius 2 is 2.17 bits per heavy atom. The van der Waals surface area contributed by atoms with Crippen LogP contribution in [0.2, 0.25) is 0 Å². The van der Waals surface area contributed by atoms with Crippen LogP contribution in [0.4, 0.5) is 0 Å². The molecule has 1 amide bonds. The minimum absolute atomic E-state index is 0.387. The second-order valence-electron chi connectivity index (χ2n) is 4.13. The van der Waals surface area contributed by atoms with E-state index in [1.54, 1.807) is 13.0 Å². The van der Waals surface area contributed by atoms with E-state index in [0.717, 1.165) is 12.8 Å². The number of carbonyl (C=O) groups excluding carboxylic acids is 1. The molecule has 2 N–H and O–H groups in total. The molecule has 0 fully saturated rings. The maximum Gasteiger partial charge on any atom is 0.326 e. The maximum atomic E-state index is 11.7. The summed E-state index contributed by atoms with van der Waals surface area (Å²) in [4.78, 5) is 22.6. The second kappa shape index (κ2) is 9.65. The largest absolute Gasteiger partial charge is 0.480 e.